The second-order valence-electron chi connectivity index (χ2n) is 5.02. The van der Waals surface area contributed by atoms with E-state index < -0.39 is 0 Å². The van der Waals surface area contributed by atoms with Gasteiger partial charge in [0.1, 0.15) is 0 Å². The molecule has 2 nitrogen and oxygen atoms in total. The van der Waals surface area contributed by atoms with Crippen molar-refractivity contribution in [2.45, 2.75) is 85.0 Å². The van der Waals surface area contributed by atoms with E-state index in [9.17, 15) is 0 Å². The summed E-state index contributed by atoms with van der Waals surface area (Å²) in [5.74, 6) is 0. The van der Waals surface area contributed by atoms with Gasteiger partial charge in [-0.3, -0.25) is 0 Å². The van der Waals surface area contributed by atoms with Crippen LogP contribution in [0.4, 0.5) is 0 Å². The Morgan fingerprint density at radius 1 is 1.06 bits per heavy atom. The molecule has 0 heterocycles. The fourth-order valence-corrected chi connectivity index (χ4v) is 1.80. The largest absolute Gasteiger partial charge is 0.375 e. The molecule has 0 radical (unpaired) electrons. The standard InChI is InChI=1S/C14H30O2/c1-7-10-15-14(6,9-3)11-13(5)16-12(4)8-2/h12-13H,7-11H2,1-6H3/t12?,13?,14-/m1/s1. The molecule has 0 aromatic carbocycles. The van der Waals surface area contributed by atoms with E-state index in [1.54, 1.807) is 0 Å². The summed E-state index contributed by atoms with van der Waals surface area (Å²) in [7, 11) is 0. The van der Waals surface area contributed by atoms with Crippen molar-refractivity contribution in [1.29, 1.82) is 0 Å². The molecule has 0 aromatic rings. The van der Waals surface area contributed by atoms with E-state index in [4.69, 9.17) is 9.47 Å². The van der Waals surface area contributed by atoms with Crippen LogP contribution in [0, 0.1) is 0 Å². The Hall–Kier alpha value is -0.0800. The van der Waals surface area contributed by atoms with E-state index in [1.165, 1.54) is 0 Å². The van der Waals surface area contributed by atoms with Crippen LogP contribution in [0.25, 0.3) is 0 Å². The SMILES string of the molecule is CCCO[C@](C)(CC)CC(C)OC(C)CC. The summed E-state index contributed by atoms with van der Waals surface area (Å²) >= 11 is 0. The van der Waals surface area contributed by atoms with Crippen LogP contribution in [0.1, 0.15) is 67.2 Å². The molecule has 2 unspecified atom stereocenters. The quantitative estimate of drug-likeness (QED) is 0.591. The molecule has 0 aliphatic heterocycles. The summed E-state index contributed by atoms with van der Waals surface area (Å²) in [6, 6.07) is 0. The van der Waals surface area contributed by atoms with E-state index in [0.29, 0.717) is 6.10 Å². The maximum Gasteiger partial charge on any atom is 0.0676 e. The topological polar surface area (TPSA) is 18.5 Å². The van der Waals surface area contributed by atoms with Gasteiger partial charge in [0.15, 0.2) is 0 Å². The van der Waals surface area contributed by atoms with Gasteiger partial charge in [-0.15, -0.1) is 0 Å². The van der Waals surface area contributed by atoms with Gasteiger partial charge in [0.2, 0.25) is 0 Å². The van der Waals surface area contributed by atoms with Gasteiger partial charge < -0.3 is 9.47 Å². The zero-order valence-corrected chi connectivity index (χ0v) is 12.0. The molecule has 0 aliphatic carbocycles. The molecule has 0 saturated heterocycles. The Bertz CT molecular complexity index is 170. The van der Waals surface area contributed by atoms with Gasteiger partial charge >= 0.3 is 0 Å². The minimum Gasteiger partial charge on any atom is -0.375 e. The molecule has 3 atom stereocenters. The van der Waals surface area contributed by atoms with Crippen molar-refractivity contribution in [3.63, 3.8) is 0 Å². The van der Waals surface area contributed by atoms with Crippen molar-refractivity contribution in [3.8, 4) is 0 Å². The predicted octanol–water partition coefficient (Wildman–Crippen LogP) is 4.18. The third-order valence-electron chi connectivity index (χ3n) is 3.16. The lowest BCUT2D eigenvalue weighted by Crippen LogP contribution is -2.34. The Morgan fingerprint density at radius 3 is 2.12 bits per heavy atom. The number of rotatable bonds is 9. The molecule has 0 aliphatic rings. The van der Waals surface area contributed by atoms with Gasteiger partial charge in [0, 0.05) is 13.0 Å². The van der Waals surface area contributed by atoms with Crippen LogP contribution >= 0.6 is 0 Å². The smallest absolute Gasteiger partial charge is 0.0676 e. The van der Waals surface area contributed by atoms with Crippen molar-refractivity contribution < 1.29 is 9.47 Å². The molecule has 16 heavy (non-hydrogen) atoms. The van der Waals surface area contributed by atoms with Crippen molar-refractivity contribution in [2.75, 3.05) is 6.61 Å². The van der Waals surface area contributed by atoms with Gasteiger partial charge in [0.05, 0.1) is 17.8 Å². The zero-order chi connectivity index (χ0) is 12.6. The van der Waals surface area contributed by atoms with Crippen LogP contribution in [0.15, 0.2) is 0 Å². The third-order valence-corrected chi connectivity index (χ3v) is 3.16. The summed E-state index contributed by atoms with van der Waals surface area (Å²) in [4.78, 5) is 0. The Balaban J connectivity index is 4.08. The van der Waals surface area contributed by atoms with E-state index in [2.05, 4.69) is 41.5 Å². The van der Waals surface area contributed by atoms with Gasteiger partial charge in [-0.1, -0.05) is 20.8 Å². The summed E-state index contributed by atoms with van der Waals surface area (Å²) < 4.78 is 11.8. The molecular weight excluding hydrogens is 200 g/mol. The van der Waals surface area contributed by atoms with Crippen LogP contribution in [0.2, 0.25) is 0 Å². The van der Waals surface area contributed by atoms with Crippen molar-refractivity contribution in [1.82, 2.24) is 0 Å². The molecule has 98 valence electrons. The average Bonchev–Trinajstić information content (AvgIpc) is 2.26. The van der Waals surface area contributed by atoms with Gasteiger partial charge in [0.25, 0.3) is 0 Å². The van der Waals surface area contributed by atoms with Crippen LogP contribution in [-0.2, 0) is 9.47 Å². The van der Waals surface area contributed by atoms with Crippen molar-refractivity contribution in [2.24, 2.45) is 0 Å². The van der Waals surface area contributed by atoms with Crippen LogP contribution in [-0.4, -0.2) is 24.4 Å². The summed E-state index contributed by atoms with van der Waals surface area (Å²) in [6.45, 7) is 13.8. The lowest BCUT2D eigenvalue weighted by molar-refractivity contribution is -0.0871. The first-order valence-electron chi connectivity index (χ1n) is 6.76. The fourth-order valence-electron chi connectivity index (χ4n) is 1.80. The number of hydrogen-bond donors (Lipinski definition) is 0. The lowest BCUT2D eigenvalue weighted by Gasteiger charge is -2.32. The fraction of sp³-hybridized carbons (Fsp3) is 1.00. The maximum atomic E-state index is 5.93. The van der Waals surface area contributed by atoms with Gasteiger partial charge in [-0.2, -0.15) is 0 Å². The van der Waals surface area contributed by atoms with E-state index in [0.717, 1.165) is 32.3 Å². The zero-order valence-electron chi connectivity index (χ0n) is 12.0. The Kier molecular flexibility index (Phi) is 8.04. The Labute approximate surface area is 102 Å². The number of hydrogen-bond acceptors (Lipinski definition) is 2. The molecule has 0 rings (SSSR count). The van der Waals surface area contributed by atoms with E-state index >= 15 is 0 Å². The van der Waals surface area contributed by atoms with Crippen molar-refractivity contribution in [3.05, 3.63) is 0 Å². The van der Waals surface area contributed by atoms with Gasteiger partial charge in [-0.05, 0) is 40.0 Å². The predicted molar refractivity (Wildman–Crippen MR) is 69.9 cm³/mol. The van der Waals surface area contributed by atoms with E-state index in [1.807, 2.05) is 0 Å². The molecule has 0 saturated carbocycles. The van der Waals surface area contributed by atoms with Gasteiger partial charge in [-0.25, -0.2) is 0 Å². The monoisotopic (exact) mass is 230 g/mol. The summed E-state index contributed by atoms with van der Waals surface area (Å²) in [5, 5.41) is 0. The second-order valence-corrected chi connectivity index (χ2v) is 5.02. The molecule has 2 heteroatoms. The molecule has 0 bridgehead atoms. The molecule has 0 N–H and O–H groups in total. The Morgan fingerprint density at radius 2 is 1.69 bits per heavy atom. The average molecular weight is 230 g/mol. The number of ether oxygens (including phenoxy) is 2. The summed E-state index contributed by atoms with van der Waals surface area (Å²) in [6.07, 6.45) is 4.80. The lowest BCUT2D eigenvalue weighted by atomic mass is 9.95. The highest BCUT2D eigenvalue weighted by atomic mass is 16.5. The molecule has 0 spiro atoms. The van der Waals surface area contributed by atoms with Crippen LogP contribution in [0.3, 0.4) is 0 Å². The third kappa shape index (κ3) is 6.49. The highest BCUT2D eigenvalue weighted by molar-refractivity contribution is 4.77. The normalized spacial score (nSPS) is 19.1. The molecule has 0 fully saturated rings. The van der Waals surface area contributed by atoms with E-state index in [-0.39, 0.29) is 11.7 Å². The first-order valence-corrected chi connectivity index (χ1v) is 6.76. The minimum atomic E-state index is -0.0249. The molecule has 0 aromatic heterocycles. The highest BCUT2D eigenvalue weighted by Gasteiger charge is 2.26. The summed E-state index contributed by atoms with van der Waals surface area (Å²) in [5.41, 5.74) is -0.0249. The first-order chi connectivity index (χ1) is 7.47. The second kappa shape index (κ2) is 8.08. The first kappa shape index (κ1) is 15.9. The maximum absolute atomic E-state index is 5.93. The van der Waals surface area contributed by atoms with Crippen LogP contribution < -0.4 is 0 Å². The van der Waals surface area contributed by atoms with Crippen LogP contribution in [0.5, 0.6) is 0 Å². The highest BCUT2D eigenvalue weighted by Crippen LogP contribution is 2.24. The van der Waals surface area contributed by atoms with Crippen molar-refractivity contribution >= 4 is 0 Å². The molecular formula is C14H30O2. The minimum absolute atomic E-state index is 0.0249. The molecule has 0 amide bonds.